The van der Waals surface area contributed by atoms with Crippen LogP contribution in [0.5, 0.6) is 0 Å². The highest BCUT2D eigenvalue weighted by Gasteiger charge is 2.19. The molecule has 1 aromatic carbocycles. The van der Waals surface area contributed by atoms with E-state index in [2.05, 4.69) is 70.0 Å². The number of anilines is 1. The van der Waals surface area contributed by atoms with Crippen molar-refractivity contribution < 1.29 is 0 Å². The standard InChI is InChI=1S/C16H20BrN3/c1-3-20(15-7-5-4-6-12(15)2)16(9-18)13-8-14(17)11-19-10-13/h4-8,10-11,16H,3,9,18H2,1-2H3. The van der Waals surface area contributed by atoms with E-state index in [-0.39, 0.29) is 6.04 Å². The highest BCUT2D eigenvalue weighted by Crippen LogP contribution is 2.29. The molecule has 0 radical (unpaired) electrons. The smallest absolute Gasteiger partial charge is 0.0680 e. The Kier molecular flexibility index (Phi) is 5.15. The summed E-state index contributed by atoms with van der Waals surface area (Å²) in [6, 6.07) is 10.6. The molecule has 2 rings (SSSR count). The maximum atomic E-state index is 6.03. The summed E-state index contributed by atoms with van der Waals surface area (Å²) in [5.41, 5.74) is 9.65. The Labute approximate surface area is 129 Å². The van der Waals surface area contributed by atoms with Crippen LogP contribution in [0.15, 0.2) is 47.2 Å². The number of halogens is 1. The van der Waals surface area contributed by atoms with Gasteiger partial charge in [-0.3, -0.25) is 4.98 Å². The monoisotopic (exact) mass is 333 g/mol. The van der Waals surface area contributed by atoms with Crippen molar-refractivity contribution in [2.24, 2.45) is 5.73 Å². The molecule has 0 spiro atoms. The second kappa shape index (κ2) is 6.86. The van der Waals surface area contributed by atoms with E-state index in [1.165, 1.54) is 11.3 Å². The van der Waals surface area contributed by atoms with E-state index < -0.39 is 0 Å². The Hall–Kier alpha value is -1.39. The van der Waals surface area contributed by atoms with E-state index >= 15 is 0 Å². The third kappa shape index (κ3) is 3.19. The molecule has 0 fully saturated rings. The zero-order chi connectivity index (χ0) is 14.5. The molecular formula is C16H20BrN3. The fourth-order valence-electron chi connectivity index (χ4n) is 2.50. The van der Waals surface area contributed by atoms with Gasteiger partial charge in [-0.05, 0) is 53.0 Å². The summed E-state index contributed by atoms with van der Waals surface area (Å²) in [6.07, 6.45) is 3.68. The van der Waals surface area contributed by atoms with Gasteiger partial charge in [-0.2, -0.15) is 0 Å². The van der Waals surface area contributed by atoms with Crippen molar-refractivity contribution in [1.29, 1.82) is 0 Å². The Bertz CT molecular complexity index is 571. The van der Waals surface area contributed by atoms with Crippen molar-refractivity contribution in [3.63, 3.8) is 0 Å². The summed E-state index contributed by atoms with van der Waals surface area (Å²) in [4.78, 5) is 6.59. The molecule has 0 bridgehead atoms. The first-order valence-electron chi connectivity index (χ1n) is 6.80. The Morgan fingerprint density at radius 2 is 2.05 bits per heavy atom. The predicted molar refractivity (Wildman–Crippen MR) is 87.9 cm³/mol. The van der Waals surface area contributed by atoms with E-state index in [4.69, 9.17) is 5.73 Å². The molecule has 0 aliphatic rings. The highest BCUT2D eigenvalue weighted by molar-refractivity contribution is 9.10. The first-order chi connectivity index (χ1) is 9.67. The Morgan fingerprint density at radius 1 is 1.30 bits per heavy atom. The average Bonchev–Trinajstić information content (AvgIpc) is 2.45. The van der Waals surface area contributed by atoms with Crippen LogP contribution in [0, 0.1) is 6.92 Å². The molecular weight excluding hydrogens is 314 g/mol. The zero-order valence-electron chi connectivity index (χ0n) is 11.9. The minimum absolute atomic E-state index is 0.131. The molecule has 0 aliphatic heterocycles. The molecule has 106 valence electrons. The number of nitrogens with zero attached hydrogens (tertiary/aromatic N) is 2. The lowest BCUT2D eigenvalue weighted by Gasteiger charge is -2.33. The lowest BCUT2D eigenvalue weighted by Crippen LogP contribution is -2.34. The molecule has 1 atom stereocenters. The predicted octanol–water partition coefficient (Wildman–Crippen LogP) is 3.68. The van der Waals surface area contributed by atoms with E-state index in [1.54, 1.807) is 6.20 Å². The van der Waals surface area contributed by atoms with Crippen molar-refractivity contribution in [2.75, 3.05) is 18.0 Å². The van der Waals surface area contributed by atoms with Crippen molar-refractivity contribution in [2.45, 2.75) is 19.9 Å². The fraction of sp³-hybridized carbons (Fsp3) is 0.312. The summed E-state index contributed by atoms with van der Waals surface area (Å²) in [5.74, 6) is 0. The van der Waals surface area contributed by atoms with Crippen LogP contribution in [0.25, 0.3) is 0 Å². The number of aryl methyl sites for hydroxylation is 1. The van der Waals surface area contributed by atoms with Gasteiger partial charge in [0.25, 0.3) is 0 Å². The number of benzene rings is 1. The second-order valence-electron chi connectivity index (χ2n) is 4.76. The molecule has 2 N–H and O–H groups in total. The summed E-state index contributed by atoms with van der Waals surface area (Å²) in [7, 11) is 0. The van der Waals surface area contributed by atoms with Crippen LogP contribution in [0.2, 0.25) is 0 Å². The number of para-hydroxylation sites is 1. The van der Waals surface area contributed by atoms with Crippen molar-refractivity contribution in [3.05, 3.63) is 58.3 Å². The SMILES string of the molecule is CCN(c1ccccc1C)C(CN)c1cncc(Br)c1. The lowest BCUT2D eigenvalue weighted by atomic mass is 10.0. The molecule has 3 nitrogen and oxygen atoms in total. The summed E-state index contributed by atoms with van der Waals surface area (Å²) in [6.45, 7) is 5.74. The first-order valence-corrected chi connectivity index (χ1v) is 7.59. The number of aromatic nitrogens is 1. The summed E-state index contributed by atoms with van der Waals surface area (Å²) in [5, 5.41) is 0. The molecule has 0 amide bonds. The molecule has 1 heterocycles. The molecule has 0 saturated heterocycles. The van der Waals surface area contributed by atoms with Crippen LogP contribution >= 0.6 is 15.9 Å². The minimum Gasteiger partial charge on any atom is -0.363 e. The Morgan fingerprint density at radius 3 is 2.65 bits per heavy atom. The topological polar surface area (TPSA) is 42.1 Å². The van der Waals surface area contributed by atoms with Gasteiger partial charge in [0.05, 0.1) is 6.04 Å². The number of rotatable bonds is 5. The lowest BCUT2D eigenvalue weighted by molar-refractivity contribution is 0.639. The van der Waals surface area contributed by atoms with Crippen molar-refractivity contribution in [1.82, 2.24) is 4.98 Å². The van der Waals surface area contributed by atoms with E-state index in [0.29, 0.717) is 6.54 Å². The van der Waals surface area contributed by atoms with Gasteiger partial charge in [-0.15, -0.1) is 0 Å². The van der Waals surface area contributed by atoms with Crippen molar-refractivity contribution >= 4 is 21.6 Å². The van der Waals surface area contributed by atoms with Crippen LogP contribution < -0.4 is 10.6 Å². The van der Waals surface area contributed by atoms with Gasteiger partial charge in [-0.25, -0.2) is 0 Å². The molecule has 4 heteroatoms. The van der Waals surface area contributed by atoms with Gasteiger partial charge >= 0.3 is 0 Å². The summed E-state index contributed by atoms with van der Waals surface area (Å²) >= 11 is 3.48. The van der Waals surface area contributed by atoms with E-state index in [1.807, 2.05) is 6.20 Å². The van der Waals surface area contributed by atoms with Crippen LogP contribution in [0.4, 0.5) is 5.69 Å². The normalized spacial score (nSPS) is 12.2. The van der Waals surface area contributed by atoms with Gasteiger partial charge < -0.3 is 10.6 Å². The molecule has 20 heavy (non-hydrogen) atoms. The maximum absolute atomic E-state index is 6.03. The van der Waals surface area contributed by atoms with E-state index in [0.717, 1.165) is 16.6 Å². The van der Waals surface area contributed by atoms with Crippen LogP contribution in [-0.2, 0) is 0 Å². The third-order valence-corrected chi connectivity index (χ3v) is 3.91. The molecule has 2 aromatic rings. The average molecular weight is 334 g/mol. The van der Waals surface area contributed by atoms with Gasteiger partial charge in [0.2, 0.25) is 0 Å². The number of likely N-dealkylation sites (N-methyl/N-ethyl adjacent to an activating group) is 1. The highest BCUT2D eigenvalue weighted by atomic mass is 79.9. The summed E-state index contributed by atoms with van der Waals surface area (Å²) < 4.78 is 0.981. The van der Waals surface area contributed by atoms with Gasteiger partial charge in [0.15, 0.2) is 0 Å². The zero-order valence-corrected chi connectivity index (χ0v) is 13.5. The number of pyridine rings is 1. The van der Waals surface area contributed by atoms with Gasteiger partial charge in [0, 0.05) is 35.6 Å². The molecule has 1 unspecified atom stereocenters. The van der Waals surface area contributed by atoms with E-state index in [9.17, 15) is 0 Å². The number of nitrogens with two attached hydrogens (primary N) is 1. The maximum Gasteiger partial charge on any atom is 0.0680 e. The Balaban J connectivity index is 2.40. The fourth-order valence-corrected chi connectivity index (χ4v) is 2.88. The quantitative estimate of drug-likeness (QED) is 0.907. The minimum atomic E-state index is 0.131. The van der Waals surface area contributed by atoms with Crippen LogP contribution in [-0.4, -0.2) is 18.1 Å². The first kappa shape index (κ1) is 15.0. The van der Waals surface area contributed by atoms with Crippen LogP contribution in [0.1, 0.15) is 24.1 Å². The second-order valence-corrected chi connectivity index (χ2v) is 5.68. The third-order valence-electron chi connectivity index (χ3n) is 3.48. The van der Waals surface area contributed by atoms with Gasteiger partial charge in [0.1, 0.15) is 0 Å². The van der Waals surface area contributed by atoms with Crippen molar-refractivity contribution in [3.8, 4) is 0 Å². The molecule has 1 aromatic heterocycles. The number of hydrogen-bond acceptors (Lipinski definition) is 3. The number of hydrogen-bond donors (Lipinski definition) is 1. The molecule has 0 saturated carbocycles. The molecule has 0 aliphatic carbocycles. The largest absolute Gasteiger partial charge is 0.363 e. The van der Waals surface area contributed by atoms with Gasteiger partial charge in [-0.1, -0.05) is 18.2 Å². The van der Waals surface area contributed by atoms with Crippen LogP contribution in [0.3, 0.4) is 0 Å².